The summed E-state index contributed by atoms with van der Waals surface area (Å²) in [5.41, 5.74) is 0.565. The molecule has 0 aromatic carbocycles. The molecule has 0 N–H and O–H groups in total. The van der Waals surface area contributed by atoms with Gasteiger partial charge in [-0.05, 0) is 43.4 Å². The highest BCUT2D eigenvalue weighted by Gasteiger charge is 2.37. The van der Waals surface area contributed by atoms with Crippen molar-refractivity contribution in [1.82, 2.24) is 9.80 Å². The van der Waals surface area contributed by atoms with Crippen LogP contribution in [0.25, 0.3) is 0 Å². The normalized spacial score (nSPS) is 22.7. The summed E-state index contributed by atoms with van der Waals surface area (Å²) in [6.45, 7) is 3.91. The van der Waals surface area contributed by atoms with Gasteiger partial charge in [-0.15, -0.1) is 0 Å². The molecule has 2 unspecified atom stereocenters. The van der Waals surface area contributed by atoms with Crippen LogP contribution in [0.3, 0.4) is 0 Å². The summed E-state index contributed by atoms with van der Waals surface area (Å²) in [7, 11) is 1.83. The van der Waals surface area contributed by atoms with Gasteiger partial charge >= 0.3 is 0 Å². The number of furan rings is 2. The maximum atomic E-state index is 12.8. The molecule has 2 fully saturated rings. The third-order valence-corrected chi connectivity index (χ3v) is 5.83. The van der Waals surface area contributed by atoms with E-state index in [-0.39, 0.29) is 17.7 Å². The topological polar surface area (TPSA) is 66.9 Å². The van der Waals surface area contributed by atoms with Gasteiger partial charge in [0.05, 0.1) is 18.4 Å². The molecular weight excluding hydrogens is 344 g/mol. The predicted molar refractivity (Wildman–Crippen MR) is 99.0 cm³/mol. The highest BCUT2D eigenvalue weighted by molar-refractivity contribution is 5.94. The molecular formula is C21H26N2O4. The summed E-state index contributed by atoms with van der Waals surface area (Å²) < 4.78 is 10.9. The third kappa shape index (κ3) is 3.80. The lowest BCUT2D eigenvalue weighted by molar-refractivity contribution is -0.136. The van der Waals surface area contributed by atoms with Crippen LogP contribution in [0.4, 0.5) is 0 Å². The van der Waals surface area contributed by atoms with Crippen LogP contribution in [0, 0.1) is 11.8 Å². The molecule has 6 heteroatoms. The molecule has 6 nitrogen and oxygen atoms in total. The Hall–Kier alpha value is -2.50. The number of hydrogen-bond donors (Lipinski definition) is 0. The van der Waals surface area contributed by atoms with Gasteiger partial charge in [0.15, 0.2) is 0 Å². The molecule has 2 aliphatic rings. The summed E-state index contributed by atoms with van der Waals surface area (Å²) in [5, 5.41) is 0. The molecule has 0 spiro atoms. The fourth-order valence-corrected chi connectivity index (χ4v) is 3.92. The van der Waals surface area contributed by atoms with E-state index in [4.69, 9.17) is 8.83 Å². The molecule has 0 radical (unpaired) electrons. The zero-order valence-electron chi connectivity index (χ0n) is 15.9. The Bertz CT molecular complexity index is 802. The Morgan fingerprint density at radius 3 is 2.59 bits per heavy atom. The van der Waals surface area contributed by atoms with E-state index >= 15 is 0 Å². The van der Waals surface area contributed by atoms with Crippen molar-refractivity contribution >= 4 is 11.8 Å². The van der Waals surface area contributed by atoms with Crippen molar-refractivity contribution in [3.63, 3.8) is 0 Å². The standard InChI is InChI=1S/C21H26N2O4/c1-14-11-18(14)19-4-3-17(27-19)12-22(2)20(24)15-5-8-23(9-6-15)21(25)16-7-10-26-13-16/h3-4,7,10,13-15,18H,5-6,8-9,11-12H2,1-2H3. The lowest BCUT2D eigenvalue weighted by Crippen LogP contribution is -2.43. The summed E-state index contributed by atoms with van der Waals surface area (Å²) in [4.78, 5) is 28.7. The van der Waals surface area contributed by atoms with E-state index in [0.717, 1.165) is 11.5 Å². The largest absolute Gasteiger partial charge is 0.472 e. The van der Waals surface area contributed by atoms with E-state index in [2.05, 4.69) is 6.92 Å². The average Bonchev–Trinajstić information content (AvgIpc) is 3.10. The van der Waals surface area contributed by atoms with Crippen molar-refractivity contribution in [2.45, 2.75) is 38.6 Å². The minimum atomic E-state index is -0.0405. The molecule has 27 heavy (non-hydrogen) atoms. The van der Waals surface area contributed by atoms with Crippen molar-refractivity contribution in [2.75, 3.05) is 20.1 Å². The van der Waals surface area contributed by atoms with Gasteiger partial charge in [0.2, 0.25) is 5.91 Å². The second kappa shape index (κ2) is 7.25. The second-order valence-electron chi connectivity index (χ2n) is 7.90. The first-order valence-electron chi connectivity index (χ1n) is 9.68. The lowest BCUT2D eigenvalue weighted by Gasteiger charge is -2.32. The summed E-state index contributed by atoms with van der Waals surface area (Å²) in [6, 6.07) is 5.70. The summed E-state index contributed by atoms with van der Waals surface area (Å²) >= 11 is 0. The van der Waals surface area contributed by atoms with E-state index in [1.165, 1.54) is 18.9 Å². The molecule has 0 bridgehead atoms. The van der Waals surface area contributed by atoms with Crippen molar-refractivity contribution < 1.29 is 18.4 Å². The lowest BCUT2D eigenvalue weighted by atomic mass is 9.95. The first-order valence-corrected chi connectivity index (χ1v) is 9.68. The average molecular weight is 370 g/mol. The van der Waals surface area contributed by atoms with Gasteiger partial charge in [-0.3, -0.25) is 9.59 Å². The van der Waals surface area contributed by atoms with Gasteiger partial charge in [-0.2, -0.15) is 0 Å². The molecule has 2 aromatic rings. The molecule has 1 aliphatic carbocycles. The van der Waals surface area contributed by atoms with Gasteiger partial charge in [-0.25, -0.2) is 0 Å². The highest BCUT2D eigenvalue weighted by Crippen LogP contribution is 2.47. The number of carbonyl (C=O) groups is 2. The molecule has 144 valence electrons. The fourth-order valence-electron chi connectivity index (χ4n) is 3.92. The van der Waals surface area contributed by atoms with Gasteiger partial charge in [0.25, 0.3) is 5.91 Å². The van der Waals surface area contributed by atoms with Crippen molar-refractivity contribution in [3.8, 4) is 0 Å². The van der Waals surface area contributed by atoms with Gasteiger partial charge in [0.1, 0.15) is 17.8 Å². The Kier molecular flexibility index (Phi) is 4.81. The first kappa shape index (κ1) is 17.9. The second-order valence-corrected chi connectivity index (χ2v) is 7.90. The van der Waals surface area contributed by atoms with E-state index in [1.54, 1.807) is 15.9 Å². The maximum Gasteiger partial charge on any atom is 0.257 e. The minimum absolute atomic E-state index is 0.0274. The summed E-state index contributed by atoms with van der Waals surface area (Å²) in [6.07, 6.45) is 5.54. The van der Waals surface area contributed by atoms with Gasteiger partial charge in [0, 0.05) is 32.0 Å². The number of rotatable bonds is 5. The minimum Gasteiger partial charge on any atom is -0.472 e. The van der Waals surface area contributed by atoms with Crippen molar-refractivity contribution in [2.24, 2.45) is 11.8 Å². The molecule has 4 rings (SSSR count). The Morgan fingerprint density at radius 1 is 1.22 bits per heavy atom. The van der Waals surface area contributed by atoms with Crippen LogP contribution in [0.15, 0.2) is 39.6 Å². The molecule has 2 aromatic heterocycles. The van der Waals surface area contributed by atoms with Crippen LogP contribution in [0.5, 0.6) is 0 Å². The molecule has 2 amide bonds. The van der Waals surface area contributed by atoms with E-state index in [1.807, 2.05) is 19.2 Å². The number of carbonyl (C=O) groups excluding carboxylic acids is 2. The number of amides is 2. The van der Waals surface area contributed by atoms with Crippen molar-refractivity contribution in [3.05, 3.63) is 47.8 Å². The zero-order chi connectivity index (χ0) is 19.0. The fraction of sp³-hybridized carbons (Fsp3) is 0.524. The smallest absolute Gasteiger partial charge is 0.257 e. The Labute approximate surface area is 159 Å². The van der Waals surface area contributed by atoms with Crippen LogP contribution in [-0.4, -0.2) is 41.8 Å². The van der Waals surface area contributed by atoms with Gasteiger partial charge < -0.3 is 18.6 Å². The zero-order valence-corrected chi connectivity index (χ0v) is 15.9. The van der Waals surface area contributed by atoms with Crippen molar-refractivity contribution in [1.29, 1.82) is 0 Å². The number of likely N-dealkylation sites (tertiary alicyclic amines) is 1. The monoisotopic (exact) mass is 370 g/mol. The quantitative estimate of drug-likeness (QED) is 0.808. The predicted octanol–water partition coefficient (Wildman–Crippen LogP) is 3.51. The van der Waals surface area contributed by atoms with E-state index < -0.39 is 0 Å². The van der Waals surface area contributed by atoms with Crippen LogP contribution in [0.2, 0.25) is 0 Å². The van der Waals surface area contributed by atoms with Gasteiger partial charge in [-0.1, -0.05) is 6.92 Å². The number of nitrogens with zero attached hydrogens (tertiary/aromatic N) is 2. The number of hydrogen-bond acceptors (Lipinski definition) is 4. The van der Waals surface area contributed by atoms with E-state index in [0.29, 0.717) is 49.9 Å². The third-order valence-electron chi connectivity index (χ3n) is 5.83. The molecule has 1 saturated heterocycles. The van der Waals surface area contributed by atoms with Crippen LogP contribution < -0.4 is 0 Å². The Balaban J connectivity index is 1.28. The molecule has 1 aliphatic heterocycles. The van der Waals surface area contributed by atoms with Crippen LogP contribution >= 0.6 is 0 Å². The number of piperidine rings is 1. The summed E-state index contributed by atoms with van der Waals surface area (Å²) in [5.74, 6) is 3.21. The SMILES string of the molecule is CC1CC1c1ccc(CN(C)C(=O)C2CCN(C(=O)c3ccoc3)CC2)o1. The molecule has 2 atom stereocenters. The van der Waals surface area contributed by atoms with Crippen LogP contribution in [-0.2, 0) is 11.3 Å². The first-order chi connectivity index (χ1) is 13.0. The van der Waals surface area contributed by atoms with E-state index in [9.17, 15) is 9.59 Å². The maximum absolute atomic E-state index is 12.8. The molecule has 3 heterocycles. The molecule has 1 saturated carbocycles. The highest BCUT2D eigenvalue weighted by atomic mass is 16.3. The Morgan fingerprint density at radius 2 is 1.96 bits per heavy atom. The van der Waals surface area contributed by atoms with Crippen LogP contribution in [0.1, 0.15) is 54.0 Å².